The van der Waals surface area contributed by atoms with E-state index in [-0.39, 0.29) is 18.4 Å². The average molecular weight is 350 g/mol. The maximum atomic E-state index is 12.7. The molecule has 0 fully saturated rings. The van der Waals surface area contributed by atoms with E-state index >= 15 is 0 Å². The molecule has 1 aromatic carbocycles. The number of benzene rings is 1. The van der Waals surface area contributed by atoms with Crippen LogP contribution in [0.5, 0.6) is 0 Å². The summed E-state index contributed by atoms with van der Waals surface area (Å²) in [7, 11) is 0. The van der Waals surface area contributed by atoms with Gasteiger partial charge in [-0.15, -0.1) is 0 Å². The number of carboxylic acid groups (broad SMARTS) is 1. The number of aromatic nitrogens is 2. The summed E-state index contributed by atoms with van der Waals surface area (Å²) in [5.41, 5.74) is 1.66. The minimum atomic E-state index is -1.04. The summed E-state index contributed by atoms with van der Waals surface area (Å²) in [5.74, 6) is -1.23. The number of rotatable bonds is 6. The third kappa shape index (κ3) is 3.94. The zero-order valence-corrected chi connectivity index (χ0v) is 14.6. The summed E-state index contributed by atoms with van der Waals surface area (Å²) >= 11 is 6.19. The molecule has 128 valence electrons. The molecular weight excluding hydrogens is 330 g/mol. The van der Waals surface area contributed by atoms with Gasteiger partial charge in [0.1, 0.15) is 6.54 Å². The fourth-order valence-electron chi connectivity index (χ4n) is 2.48. The van der Waals surface area contributed by atoms with Gasteiger partial charge in [-0.25, -0.2) is 4.68 Å². The van der Waals surface area contributed by atoms with E-state index in [9.17, 15) is 9.59 Å². The number of amides is 1. The minimum Gasteiger partial charge on any atom is -0.480 e. The third-order valence-corrected chi connectivity index (χ3v) is 3.84. The summed E-state index contributed by atoms with van der Waals surface area (Å²) in [4.78, 5) is 25.1. The van der Waals surface area contributed by atoms with E-state index in [4.69, 9.17) is 16.7 Å². The fourth-order valence-corrected chi connectivity index (χ4v) is 2.70. The molecule has 1 aromatic heterocycles. The van der Waals surface area contributed by atoms with E-state index in [1.807, 2.05) is 26.0 Å². The zero-order chi connectivity index (χ0) is 17.9. The Morgan fingerprint density at radius 2 is 2.00 bits per heavy atom. The van der Waals surface area contributed by atoms with Crippen molar-refractivity contribution in [1.82, 2.24) is 14.7 Å². The first-order chi connectivity index (χ1) is 11.3. The van der Waals surface area contributed by atoms with Gasteiger partial charge in [-0.2, -0.15) is 5.10 Å². The van der Waals surface area contributed by atoms with Crippen molar-refractivity contribution in [3.8, 4) is 5.69 Å². The molecule has 0 atom stereocenters. The van der Waals surface area contributed by atoms with Crippen LogP contribution >= 0.6 is 11.6 Å². The predicted molar refractivity (Wildman–Crippen MR) is 91.7 cm³/mol. The van der Waals surface area contributed by atoms with Gasteiger partial charge < -0.3 is 10.0 Å². The van der Waals surface area contributed by atoms with E-state index in [1.54, 1.807) is 23.7 Å². The van der Waals surface area contributed by atoms with Gasteiger partial charge in [-0.1, -0.05) is 37.6 Å². The Morgan fingerprint density at radius 1 is 1.33 bits per heavy atom. The molecule has 2 rings (SSSR count). The number of carboxylic acids is 1. The Labute approximate surface area is 145 Å². The minimum absolute atomic E-state index is 0.159. The third-order valence-electron chi connectivity index (χ3n) is 3.52. The molecule has 0 saturated carbocycles. The van der Waals surface area contributed by atoms with E-state index in [0.717, 1.165) is 0 Å². The SMILES string of the molecule is Cc1c(C(=O)N(CC(=O)O)CC(C)C)cnn1-c1ccccc1Cl. The maximum Gasteiger partial charge on any atom is 0.323 e. The van der Waals surface area contributed by atoms with Crippen molar-refractivity contribution < 1.29 is 14.7 Å². The van der Waals surface area contributed by atoms with Gasteiger partial charge in [0.05, 0.1) is 28.2 Å². The molecule has 0 saturated heterocycles. The van der Waals surface area contributed by atoms with Crippen molar-refractivity contribution in [2.45, 2.75) is 20.8 Å². The first-order valence-corrected chi connectivity index (χ1v) is 7.99. The highest BCUT2D eigenvalue weighted by atomic mass is 35.5. The number of para-hydroxylation sites is 1. The Hall–Kier alpha value is -2.34. The van der Waals surface area contributed by atoms with Crippen LogP contribution in [-0.2, 0) is 4.79 Å². The standard InChI is InChI=1S/C17H20ClN3O3/c1-11(2)9-20(10-16(22)23)17(24)13-8-19-21(12(13)3)15-7-5-4-6-14(15)18/h4-8,11H,9-10H2,1-3H3,(H,22,23). The predicted octanol–water partition coefficient (Wildman–Crippen LogP) is 3.02. The largest absolute Gasteiger partial charge is 0.480 e. The lowest BCUT2D eigenvalue weighted by molar-refractivity contribution is -0.137. The highest BCUT2D eigenvalue weighted by molar-refractivity contribution is 6.32. The van der Waals surface area contributed by atoms with Crippen molar-refractivity contribution in [3.05, 3.63) is 46.7 Å². The number of carbonyl (C=O) groups excluding carboxylic acids is 1. The number of carbonyl (C=O) groups is 2. The van der Waals surface area contributed by atoms with Crippen LogP contribution < -0.4 is 0 Å². The Kier molecular flexibility index (Phi) is 5.62. The van der Waals surface area contributed by atoms with Crippen molar-refractivity contribution >= 4 is 23.5 Å². The Balaban J connectivity index is 2.36. The van der Waals surface area contributed by atoms with Crippen LogP contribution in [0.3, 0.4) is 0 Å². The van der Waals surface area contributed by atoms with Crippen LogP contribution in [0.15, 0.2) is 30.5 Å². The summed E-state index contributed by atoms with van der Waals surface area (Å²) in [6, 6.07) is 7.20. The van der Waals surface area contributed by atoms with Crippen LogP contribution in [0.25, 0.3) is 5.69 Å². The van der Waals surface area contributed by atoms with Crippen LogP contribution in [0.1, 0.15) is 29.9 Å². The molecule has 0 aliphatic carbocycles. The second-order valence-corrected chi connectivity index (χ2v) is 6.39. The first-order valence-electron chi connectivity index (χ1n) is 7.61. The normalized spacial score (nSPS) is 10.9. The van der Waals surface area contributed by atoms with Crippen molar-refractivity contribution in [2.75, 3.05) is 13.1 Å². The molecule has 0 aliphatic rings. The second kappa shape index (κ2) is 7.49. The lowest BCUT2D eigenvalue weighted by Gasteiger charge is -2.22. The molecule has 1 heterocycles. The highest BCUT2D eigenvalue weighted by Crippen LogP contribution is 2.22. The van der Waals surface area contributed by atoms with Crippen LogP contribution in [-0.4, -0.2) is 44.8 Å². The summed E-state index contributed by atoms with van der Waals surface area (Å²) in [5, 5.41) is 13.8. The van der Waals surface area contributed by atoms with E-state index in [1.165, 1.54) is 11.1 Å². The quantitative estimate of drug-likeness (QED) is 0.869. The van der Waals surface area contributed by atoms with Gasteiger partial charge in [0.2, 0.25) is 0 Å². The fraction of sp³-hybridized carbons (Fsp3) is 0.353. The van der Waals surface area contributed by atoms with E-state index in [2.05, 4.69) is 5.10 Å². The molecule has 0 unspecified atom stereocenters. The second-order valence-electron chi connectivity index (χ2n) is 5.98. The average Bonchev–Trinajstić information content (AvgIpc) is 2.87. The smallest absolute Gasteiger partial charge is 0.323 e. The highest BCUT2D eigenvalue weighted by Gasteiger charge is 2.24. The summed E-state index contributed by atoms with van der Waals surface area (Å²) in [6.45, 7) is 5.65. The lowest BCUT2D eigenvalue weighted by atomic mass is 10.1. The van der Waals surface area contributed by atoms with Crippen molar-refractivity contribution in [3.63, 3.8) is 0 Å². The van der Waals surface area contributed by atoms with Gasteiger partial charge in [-0.3, -0.25) is 9.59 Å². The number of hydrogen-bond donors (Lipinski definition) is 1. The number of halogens is 1. The van der Waals surface area contributed by atoms with Crippen LogP contribution in [0.4, 0.5) is 0 Å². The maximum absolute atomic E-state index is 12.7. The van der Waals surface area contributed by atoms with Gasteiger partial charge in [-0.05, 0) is 25.0 Å². The molecule has 1 amide bonds. The summed E-state index contributed by atoms with van der Waals surface area (Å²) in [6.07, 6.45) is 1.45. The number of hydrogen-bond acceptors (Lipinski definition) is 3. The Morgan fingerprint density at radius 3 is 2.58 bits per heavy atom. The van der Waals surface area contributed by atoms with Gasteiger partial charge in [0.25, 0.3) is 5.91 Å². The summed E-state index contributed by atoms with van der Waals surface area (Å²) < 4.78 is 1.59. The molecule has 2 aromatic rings. The molecule has 0 aliphatic heterocycles. The number of nitrogens with zero attached hydrogens (tertiary/aromatic N) is 3. The van der Waals surface area contributed by atoms with Crippen molar-refractivity contribution in [1.29, 1.82) is 0 Å². The van der Waals surface area contributed by atoms with Gasteiger partial charge >= 0.3 is 5.97 Å². The molecule has 0 bridgehead atoms. The molecule has 24 heavy (non-hydrogen) atoms. The van der Waals surface area contributed by atoms with Crippen LogP contribution in [0.2, 0.25) is 5.02 Å². The van der Waals surface area contributed by atoms with E-state index in [0.29, 0.717) is 28.5 Å². The number of aliphatic carboxylic acids is 1. The Bertz CT molecular complexity index is 755. The van der Waals surface area contributed by atoms with Crippen LogP contribution in [0, 0.1) is 12.8 Å². The van der Waals surface area contributed by atoms with E-state index < -0.39 is 5.97 Å². The van der Waals surface area contributed by atoms with Crippen molar-refractivity contribution in [2.24, 2.45) is 5.92 Å². The molecule has 1 N–H and O–H groups in total. The monoisotopic (exact) mass is 349 g/mol. The molecule has 0 spiro atoms. The molecular formula is C17H20ClN3O3. The molecule has 7 heteroatoms. The van der Waals surface area contributed by atoms with Gasteiger partial charge in [0.15, 0.2) is 0 Å². The molecule has 6 nitrogen and oxygen atoms in total. The first kappa shape index (κ1) is 18.0. The molecule has 0 radical (unpaired) electrons. The van der Waals surface area contributed by atoms with Gasteiger partial charge in [0, 0.05) is 6.54 Å². The topological polar surface area (TPSA) is 75.4 Å². The lowest BCUT2D eigenvalue weighted by Crippen LogP contribution is -2.38. The zero-order valence-electron chi connectivity index (χ0n) is 13.9.